The van der Waals surface area contributed by atoms with E-state index in [2.05, 4.69) is 51.6 Å². The average molecular weight is 319 g/mol. The summed E-state index contributed by atoms with van der Waals surface area (Å²) in [7, 11) is 1.98. The van der Waals surface area contributed by atoms with Crippen molar-refractivity contribution in [3.63, 3.8) is 0 Å². The molecule has 0 aliphatic carbocycles. The molecule has 1 rings (SSSR count). The SMILES string of the molecule is CC(C)CN=C(NN)N(C)Cc1cc(Br)cs1. The van der Waals surface area contributed by atoms with E-state index in [1.165, 1.54) is 4.88 Å². The molecule has 4 nitrogen and oxygen atoms in total. The van der Waals surface area contributed by atoms with E-state index in [0.717, 1.165) is 23.5 Å². The molecule has 0 saturated carbocycles. The fourth-order valence-electron chi connectivity index (χ4n) is 1.29. The molecule has 17 heavy (non-hydrogen) atoms. The first-order chi connectivity index (χ1) is 8.02. The molecular formula is C11H19BrN4S. The minimum atomic E-state index is 0.530. The first-order valence-corrected chi connectivity index (χ1v) is 7.15. The molecule has 0 aliphatic heterocycles. The molecule has 0 saturated heterocycles. The van der Waals surface area contributed by atoms with Crippen LogP contribution in [0.1, 0.15) is 18.7 Å². The number of hydrogen-bond donors (Lipinski definition) is 2. The van der Waals surface area contributed by atoms with Gasteiger partial charge in [-0.25, -0.2) is 5.84 Å². The molecule has 0 aliphatic rings. The number of hydrazine groups is 1. The summed E-state index contributed by atoms with van der Waals surface area (Å²) in [5, 5.41) is 2.07. The van der Waals surface area contributed by atoms with Crippen LogP contribution in [0.15, 0.2) is 20.9 Å². The maximum absolute atomic E-state index is 5.49. The van der Waals surface area contributed by atoms with Gasteiger partial charge in [0.15, 0.2) is 0 Å². The monoisotopic (exact) mass is 318 g/mol. The molecule has 0 spiro atoms. The molecule has 6 heteroatoms. The van der Waals surface area contributed by atoms with E-state index in [-0.39, 0.29) is 0 Å². The van der Waals surface area contributed by atoms with Crippen molar-refractivity contribution in [3.05, 3.63) is 20.8 Å². The molecule has 0 bridgehead atoms. The maximum atomic E-state index is 5.49. The fraction of sp³-hybridized carbons (Fsp3) is 0.545. The third kappa shape index (κ3) is 5.06. The van der Waals surface area contributed by atoms with Crippen molar-refractivity contribution in [3.8, 4) is 0 Å². The Balaban J connectivity index is 2.60. The summed E-state index contributed by atoms with van der Waals surface area (Å²) in [4.78, 5) is 7.73. The highest BCUT2D eigenvalue weighted by atomic mass is 79.9. The molecule has 1 aromatic heterocycles. The van der Waals surface area contributed by atoms with Crippen LogP contribution in [0.2, 0.25) is 0 Å². The zero-order chi connectivity index (χ0) is 12.8. The maximum Gasteiger partial charge on any atom is 0.208 e. The van der Waals surface area contributed by atoms with E-state index >= 15 is 0 Å². The molecule has 1 heterocycles. The number of halogens is 1. The minimum Gasteiger partial charge on any atom is -0.340 e. The van der Waals surface area contributed by atoms with Crippen molar-refractivity contribution >= 4 is 33.2 Å². The fourth-order valence-corrected chi connectivity index (χ4v) is 2.79. The van der Waals surface area contributed by atoms with Gasteiger partial charge in [0.2, 0.25) is 5.96 Å². The lowest BCUT2D eigenvalue weighted by molar-refractivity contribution is 0.478. The Morgan fingerprint density at radius 1 is 1.65 bits per heavy atom. The van der Waals surface area contributed by atoms with Crippen molar-refractivity contribution in [2.24, 2.45) is 16.8 Å². The Labute approximate surface area is 115 Å². The second kappa shape index (κ2) is 6.98. The van der Waals surface area contributed by atoms with Crippen LogP contribution in [0.4, 0.5) is 0 Å². The van der Waals surface area contributed by atoms with Crippen molar-refractivity contribution in [2.45, 2.75) is 20.4 Å². The highest BCUT2D eigenvalue weighted by Gasteiger charge is 2.07. The number of aliphatic imine (C=N–C) groups is 1. The normalized spacial score (nSPS) is 12.0. The van der Waals surface area contributed by atoms with E-state index in [1.54, 1.807) is 11.3 Å². The van der Waals surface area contributed by atoms with E-state index in [1.807, 2.05) is 11.9 Å². The summed E-state index contributed by atoms with van der Waals surface area (Å²) >= 11 is 5.17. The van der Waals surface area contributed by atoms with Crippen molar-refractivity contribution in [1.82, 2.24) is 10.3 Å². The number of nitrogens with one attached hydrogen (secondary N) is 1. The summed E-state index contributed by atoms with van der Waals surface area (Å²) in [5.74, 6) is 6.75. The van der Waals surface area contributed by atoms with Crippen molar-refractivity contribution in [2.75, 3.05) is 13.6 Å². The average Bonchev–Trinajstić information content (AvgIpc) is 2.64. The van der Waals surface area contributed by atoms with E-state index in [4.69, 9.17) is 5.84 Å². The minimum absolute atomic E-state index is 0.530. The number of hydrogen-bond acceptors (Lipinski definition) is 3. The number of nitrogens with zero attached hydrogens (tertiary/aromatic N) is 2. The van der Waals surface area contributed by atoms with Crippen LogP contribution in [0, 0.1) is 5.92 Å². The van der Waals surface area contributed by atoms with E-state index < -0.39 is 0 Å². The standard InChI is InChI=1S/C11H19BrN4S/c1-8(2)5-14-11(15-13)16(3)6-10-4-9(12)7-17-10/h4,7-8H,5-6,13H2,1-3H3,(H,14,15). The summed E-state index contributed by atoms with van der Waals surface area (Å²) < 4.78 is 1.12. The molecule has 0 unspecified atom stereocenters. The molecule has 1 aromatic rings. The second-order valence-electron chi connectivity index (χ2n) is 4.29. The molecule has 3 N–H and O–H groups in total. The Morgan fingerprint density at radius 2 is 2.35 bits per heavy atom. The predicted molar refractivity (Wildman–Crippen MR) is 77.9 cm³/mol. The van der Waals surface area contributed by atoms with Crippen LogP contribution >= 0.6 is 27.3 Å². The van der Waals surface area contributed by atoms with Gasteiger partial charge in [-0.05, 0) is 27.9 Å². The van der Waals surface area contributed by atoms with Crippen LogP contribution in [0.25, 0.3) is 0 Å². The smallest absolute Gasteiger partial charge is 0.208 e. The zero-order valence-electron chi connectivity index (χ0n) is 10.4. The van der Waals surface area contributed by atoms with Crippen molar-refractivity contribution in [1.29, 1.82) is 0 Å². The summed E-state index contributed by atoms with van der Waals surface area (Å²) in [5.41, 5.74) is 2.65. The summed E-state index contributed by atoms with van der Waals surface area (Å²) in [6, 6.07) is 2.11. The number of nitrogens with two attached hydrogens (primary N) is 1. The van der Waals surface area contributed by atoms with Gasteiger partial charge in [-0.2, -0.15) is 0 Å². The van der Waals surface area contributed by atoms with Gasteiger partial charge in [0, 0.05) is 28.3 Å². The van der Waals surface area contributed by atoms with Crippen LogP contribution in [0.3, 0.4) is 0 Å². The van der Waals surface area contributed by atoms with Gasteiger partial charge in [-0.15, -0.1) is 11.3 Å². The highest BCUT2D eigenvalue weighted by Crippen LogP contribution is 2.20. The number of rotatable bonds is 4. The Morgan fingerprint density at radius 3 is 2.82 bits per heavy atom. The van der Waals surface area contributed by atoms with Gasteiger partial charge in [0.05, 0.1) is 6.54 Å². The number of guanidine groups is 1. The topological polar surface area (TPSA) is 53.6 Å². The van der Waals surface area contributed by atoms with Crippen LogP contribution in [-0.4, -0.2) is 24.5 Å². The molecule has 0 fully saturated rings. The second-order valence-corrected chi connectivity index (χ2v) is 6.20. The lowest BCUT2D eigenvalue weighted by Crippen LogP contribution is -2.42. The highest BCUT2D eigenvalue weighted by molar-refractivity contribution is 9.10. The van der Waals surface area contributed by atoms with Crippen LogP contribution in [0.5, 0.6) is 0 Å². The Kier molecular flexibility index (Phi) is 5.94. The lowest BCUT2D eigenvalue weighted by Gasteiger charge is -2.20. The Hall–Kier alpha value is -0.590. The molecular weight excluding hydrogens is 300 g/mol. The Bertz CT molecular complexity index is 375. The van der Waals surface area contributed by atoms with Gasteiger partial charge >= 0.3 is 0 Å². The van der Waals surface area contributed by atoms with Gasteiger partial charge < -0.3 is 4.90 Å². The third-order valence-electron chi connectivity index (χ3n) is 2.11. The third-order valence-corrected chi connectivity index (χ3v) is 3.79. The summed E-state index contributed by atoms with van der Waals surface area (Å²) in [6.07, 6.45) is 0. The molecule has 96 valence electrons. The molecule has 0 amide bonds. The first-order valence-electron chi connectivity index (χ1n) is 5.48. The van der Waals surface area contributed by atoms with Gasteiger partial charge in [-0.1, -0.05) is 13.8 Å². The predicted octanol–water partition coefficient (Wildman–Crippen LogP) is 2.42. The van der Waals surface area contributed by atoms with E-state index in [9.17, 15) is 0 Å². The van der Waals surface area contributed by atoms with Gasteiger partial charge in [-0.3, -0.25) is 10.4 Å². The quantitative estimate of drug-likeness (QED) is 0.388. The van der Waals surface area contributed by atoms with E-state index in [0.29, 0.717) is 5.92 Å². The molecule has 0 radical (unpaired) electrons. The largest absolute Gasteiger partial charge is 0.340 e. The van der Waals surface area contributed by atoms with Crippen molar-refractivity contribution < 1.29 is 0 Å². The summed E-state index contributed by atoms with van der Waals surface area (Å²) in [6.45, 7) is 5.84. The first kappa shape index (κ1) is 14.5. The van der Waals surface area contributed by atoms with Gasteiger partial charge in [0.1, 0.15) is 0 Å². The number of thiophene rings is 1. The van der Waals surface area contributed by atoms with Crippen LogP contribution in [-0.2, 0) is 6.54 Å². The lowest BCUT2D eigenvalue weighted by atomic mass is 10.2. The van der Waals surface area contributed by atoms with Gasteiger partial charge in [0.25, 0.3) is 0 Å². The zero-order valence-corrected chi connectivity index (χ0v) is 12.8. The molecule has 0 aromatic carbocycles. The van der Waals surface area contributed by atoms with Crippen LogP contribution < -0.4 is 11.3 Å². The molecule has 0 atom stereocenters.